The van der Waals surface area contributed by atoms with Crippen LogP contribution < -0.4 is 20.3 Å². The number of hydrogen-bond acceptors (Lipinski definition) is 5. The van der Waals surface area contributed by atoms with Crippen molar-refractivity contribution in [2.75, 3.05) is 6.61 Å². The molecule has 1 aromatic heterocycles. The molecule has 3 aromatic rings. The van der Waals surface area contributed by atoms with Crippen molar-refractivity contribution in [2.45, 2.75) is 32.9 Å². The van der Waals surface area contributed by atoms with Crippen LogP contribution in [0.3, 0.4) is 0 Å². The molecule has 0 spiro atoms. The molecule has 7 nitrogen and oxygen atoms in total. The lowest BCUT2D eigenvalue weighted by Crippen LogP contribution is -2.38. The maximum atomic E-state index is 13.2. The molecule has 0 radical (unpaired) electrons. The molecule has 162 valence electrons. The third-order valence-electron chi connectivity index (χ3n) is 4.47. The van der Waals surface area contributed by atoms with Crippen LogP contribution in [0.25, 0.3) is 5.69 Å². The van der Waals surface area contributed by atoms with Crippen LogP contribution in [0.1, 0.15) is 25.8 Å². The molecule has 0 aliphatic rings. The number of aromatic nitrogens is 2. The minimum atomic E-state index is -0.783. The van der Waals surface area contributed by atoms with Crippen molar-refractivity contribution in [2.24, 2.45) is 0 Å². The van der Waals surface area contributed by atoms with Crippen molar-refractivity contribution in [3.05, 3.63) is 82.4 Å². The molecule has 0 saturated carbocycles. The van der Waals surface area contributed by atoms with Gasteiger partial charge in [-0.2, -0.15) is 4.68 Å². The van der Waals surface area contributed by atoms with Crippen molar-refractivity contribution >= 4 is 5.91 Å². The zero-order valence-corrected chi connectivity index (χ0v) is 17.4. The van der Waals surface area contributed by atoms with Crippen LogP contribution in [0.2, 0.25) is 0 Å². The van der Waals surface area contributed by atoms with Gasteiger partial charge in [-0.1, -0.05) is 19.1 Å². The van der Waals surface area contributed by atoms with Crippen LogP contribution in [-0.4, -0.2) is 28.4 Å². The van der Waals surface area contributed by atoms with Crippen LogP contribution >= 0.6 is 0 Å². The Bertz CT molecular complexity index is 1070. The van der Waals surface area contributed by atoms with Gasteiger partial charge in [0.25, 0.3) is 11.5 Å². The fourth-order valence-electron chi connectivity index (χ4n) is 2.87. The van der Waals surface area contributed by atoms with Gasteiger partial charge >= 0.3 is 0 Å². The zero-order chi connectivity index (χ0) is 22.2. The van der Waals surface area contributed by atoms with Crippen molar-refractivity contribution in [3.63, 3.8) is 0 Å². The lowest BCUT2D eigenvalue weighted by Gasteiger charge is -2.17. The highest BCUT2D eigenvalue weighted by atomic mass is 19.1. The second-order valence-electron chi connectivity index (χ2n) is 6.71. The predicted octanol–water partition coefficient (Wildman–Crippen LogP) is 3.24. The Hall–Kier alpha value is -3.68. The number of benzene rings is 2. The minimum Gasteiger partial charge on any atom is -0.494 e. The summed E-state index contributed by atoms with van der Waals surface area (Å²) in [4.78, 5) is 24.7. The Morgan fingerprint density at radius 1 is 1.06 bits per heavy atom. The molecule has 1 amide bonds. The molecule has 0 unspecified atom stereocenters. The monoisotopic (exact) mass is 425 g/mol. The Kier molecular flexibility index (Phi) is 7.37. The first kappa shape index (κ1) is 22.0. The van der Waals surface area contributed by atoms with Gasteiger partial charge in [-0.05, 0) is 55.3 Å². The van der Waals surface area contributed by atoms with Crippen molar-refractivity contribution in [3.8, 4) is 17.3 Å². The molecule has 2 aromatic carbocycles. The van der Waals surface area contributed by atoms with Gasteiger partial charge in [-0.15, -0.1) is 5.10 Å². The quantitative estimate of drug-likeness (QED) is 0.569. The average Bonchev–Trinajstić information content (AvgIpc) is 2.78. The van der Waals surface area contributed by atoms with E-state index in [2.05, 4.69) is 10.4 Å². The molecular formula is C23H24FN3O4. The van der Waals surface area contributed by atoms with Crippen LogP contribution in [-0.2, 0) is 11.3 Å². The van der Waals surface area contributed by atoms with E-state index in [1.165, 1.54) is 36.4 Å². The second-order valence-corrected chi connectivity index (χ2v) is 6.71. The SMILES string of the molecule is CCOc1ccc(CNC(=O)[C@@H](CC)Oc2ccc(=O)n(-c3ccc(F)cc3)n2)cc1. The van der Waals surface area contributed by atoms with E-state index in [0.29, 0.717) is 25.3 Å². The average molecular weight is 425 g/mol. The zero-order valence-electron chi connectivity index (χ0n) is 17.4. The molecule has 0 saturated heterocycles. The Morgan fingerprint density at radius 3 is 2.42 bits per heavy atom. The van der Waals surface area contributed by atoms with E-state index in [1.807, 2.05) is 38.1 Å². The van der Waals surface area contributed by atoms with E-state index in [0.717, 1.165) is 16.0 Å². The number of ether oxygens (including phenoxy) is 2. The number of halogens is 1. The first-order valence-corrected chi connectivity index (χ1v) is 10.0. The van der Waals surface area contributed by atoms with Crippen LogP contribution in [0.5, 0.6) is 11.6 Å². The molecule has 0 bridgehead atoms. The summed E-state index contributed by atoms with van der Waals surface area (Å²) in [5.41, 5.74) is 0.923. The van der Waals surface area contributed by atoms with Gasteiger partial charge in [0.05, 0.1) is 12.3 Å². The van der Waals surface area contributed by atoms with E-state index in [-0.39, 0.29) is 11.8 Å². The van der Waals surface area contributed by atoms with Crippen molar-refractivity contribution < 1.29 is 18.7 Å². The number of carbonyl (C=O) groups is 1. The third kappa shape index (κ3) is 5.91. The van der Waals surface area contributed by atoms with Gasteiger partial charge in [0, 0.05) is 18.7 Å². The van der Waals surface area contributed by atoms with E-state index in [4.69, 9.17) is 9.47 Å². The van der Waals surface area contributed by atoms with E-state index in [1.54, 1.807) is 0 Å². The highest BCUT2D eigenvalue weighted by Crippen LogP contribution is 2.13. The Balaban J connectivity index is 1.66. The first-order chi connectivity index (χ1) is 15.0. The topological polar surface area (TPSA) is 82.5 Å². The first-order valence-electron chi connectivity index (χ1n) is 10.0. The molecule has 1 atom stereocenters. The predicted molar refractivity (Wildman–Crippen MR) is 114 cm³/mol. The van der Waals surface area contributed by atoms with Crippen LogP contribution in [0.15, 0.2) is 65.5 Å². The largest absolute Gasteiger partial charge is 0.494 e. The summed E-state index contributed by atoms with van der Waals surface area (Å²) in [6.07, 6.45) is -0.374. The maximum absolute atomic E-state index is 13.2. The molecule has 1 N–H and O–H groups in total. The number of hydrogen-bond donors (Lipinski definition) is 1. The van der Waals surface area contributed by atoms with Crippen molar-refractivity contribution in [1.29, 1.82) is 0 Å². The lowest BCUT2D eigenvalue weighted by molar-refractivity contribution is -0.128. The summed E-state index contributed by atoms with van der Waals surface area (Å²) >= 11 is 0. The smallest absolute Gasteiger partial charge is 0.271 e. The number of nitrogens with one attached hydrogen (secondary N) is 1. The Morgan fingerprint density at radius 2 is 1.77 bits per heavy atom. The Labute approximate surface area is 179 Å². The molecule has 3 rings (SSSR count). The molecule has 1 heterocycles. The van der Waals surface area contributed by atoms with Gasteiger partial charge in [-0.25, -0.2) is 4.39 Å². The third-order valence-corrected chi connectivity index (χ3v) is 4.47. The molecule has 0 fully saturated rings. The van der Waals surface area contributed by atoms with Crippen LogP contribution in [0, 0.1) is 5.82 Å². The van der Waals surface area contributed by atoms with E-state index < -0.39 is 17.5 Å². The summed E-state index contributed by atoms with van der Waals surface area (Å²) < 4.78 is 25.4. The summed E-state index contributed by atoms with van der Waals surface area (Å²) in [6, 6.07) is 15.5. The van der Waals surface area contributed by atoms with Gasteiger partial charge < -0.3 is 14.8 Å². The van der Waals surface area contributed by atoms with Crippen LogP contribution in [0.4, 0.5) is 4.39 Å². The fraction of sp³-hybridized carbons (Fsp3) is 0.261. The van der Waals surface area contributed by atoms with Crippen molar-refractivity contribution in [1.82, 2.24) is 15.1 Å². The summed E-state index contributed by atoms with van der Waals surface area (Å²) in [5, 5.41) is 7.00. The molecule has 8 heteroatoms. The number of rotatable bonds is 9. The van der Waals surface area contributed by atoms with E-state index in [9.17, 15) is 14.0 Å². The molecular weight excluding hydrogens is 401 g/mol. The van der Waals surface area contributed by atoms with Gasteiger partial charge in [0.2, 0.25) is 5.88 Å². The fourth-order valence-corrected chi connectivity index (χ4v) is 2.87. The van der Waals surface area contributed by atoms with Gasteiger partial charge in [-0.3, -0.25) is 9.59 Å². The number of nitrogens with zero attached hydrogens (tertiary/aromatic N) is 2. The molecule has 31 heavy (non-hydrogen) atoms. The van der Waals surface area contributed by atoms with Gasteiger partial charge in [0.1, 0.15) is 11.6 Å². The summed E-state index contributed by atoms with van der Waals surface area (Å²) in [6.45, 7) is 4.67. The van der Waals surface area contributed by atoms with E-state index >= 15 is 0 Å². The minimum absolute atomic E-state index is 0.118. The summed E-state index contributed by atoms with van der Waals surface area (Å²) in [5.74, 6) is 0.179. The highest BCUT2D eigenvalue weighted by Gasteiger charge is 2.19. The maximum Gasteiger partial charge on any atom is 0.271 e. The standard InChI is InChI=1S/C23H24FN3O4/c1-3-20(23(29)25-15-16-5-11-19(12-6-16)30-4-2)31-21-13-14-22(28)27(26-21)18-9-7-17(24)8-10-18/h5-14,20H,3-4,15H2,1-2H3,(H,25,29)/t20-/m1/s1. The molecule has 0 aliphatic heterocycles. The normalized spacial score (nSPS) is 11.6. The second kappa shape index (κ2) is 10.4. The van der Waals surface area contributed by atoms with Gasteiger partial charge in [0.15, 0.2) is 6.10 Å². The summed E-state index contributed by atoms with van der Waals surface area (Å²) in [7, 11) is 0. The molecule has 0 aliphatic carbocycles. The number of amides is 1. The lowest BCUT2D eigenvalue weighted by atomic mass is 10.2. The highest BCUT2D eigenvalue weighted by molar-refractivity contribution is 5.81. The number of carbonyl (C=O) groups excluding carboxylic acids is 1.